The topological polar surface area (TPSA) is 140 Å². The predicted octanol–water partition coefficient (Wildman–Crippen LogP) is 2.61. The van der Waals surface area contributed by atoms with Crippen LogP contribution in [0.5, 0.6) is 0 Å². The van der Waals surface area contributed by atoms with E-state index in [1.807, 2.05) is 30.5 Å². The van der Waals surface area contributed by atoms with Crippen molar-refractivity contribution in [2.24, 2.45) is 5.92 Å². The van der Waals surface area contributed by atoms with Crippen molar-refractivity contribution in [2.75, 3.05) is 28.7 Å². The Bertz CT molecular complexity index is 982. The van der Waals surface area contributed by atoms with Crippen LogP contribution in [0.1, 0.15) is 39.3 Å². The van der Waals surface area contributed by atoms with Crippen LogP contribution in [0.3, 0.4) is 0 Å². The predicted molar refractivity (Wildman–Crippen MR) is 118 cm³/mol. The molecule has 0 bridgehead atoms. The third-order valence-corrected chi connectivity index (χ3v) is 4.97. The minimum absolute atomic E-state index is 0.00884. The second-order valence-electron chi connectivity index (χ2n) is 7.76. The van der Waals surface area contributed by atoms with E-state index < -0.39 is 0 Å². The average molecular weight is 399 g/mol. The highest BCUT2D eigenvalue weighted by Gasteiger charge is 2.18. The van der Waals surface area contributed by atoms with Crippen LogP contribution in [0.4, 0.5) is 23.1 Å². The fourth-order valence-corrected chi connectivity index (χ4v) is 3.04. The Balaban J connectivity index is 1.98. The van der Waals surface area contributed by atoms with Crippen LogP contribution in [0, 0.1) is 5.92 Å². The maximum absolute atomic E-state index is 9.67. The fraction of sp³-hybridized carbons (Fsp3) is 0.450. The second-order valence-corrected chi connectivity index (χ2v) is 7.76. The molecule has 0 aliphatic carbocycles. The van der Waals surface area contributed by atoms with E-state index in [4.69, 9.17) is 11.5 Å². The highest BCUT2D eigenvalue weighted by molar-refractivity contribution is 5.84. The number of aliphatic hydroxyl groups excluding tert-OH is 1. The molecule has 0 spiro atoms. The molecule has 0 aliphatic rings. The zero-order valence-corrected chi connectivity index (χ0v) is 17.3. The minimum atomic E-state index is -0.153. The van der Waals surface area contributed by atoms with E-state index in [-0.39, 0.29) is 24.6 Å². The zero-order chi connectivity index (χ0) is 21.1. The summed E-state index contributed by atoms with van der Waals surface area (Å²) in [5.41, 5.74) is 15.4. The number of nitrogens with one attached hydrogen (secondary N) is 2. The Labute approximate surface area is 170 Å². The summed E-state index contributed by atoms with van der Waals surface area (Å²) in [6.07, 6.45) is 1.76. The SMILES string of the molecule is CC(C)C(CO)Nc1nc(NCc2cccc(N)c2N)c2ncn(C(C)C)c2n1. The lowest BCUT2D eigenvalue weighted by molar-refractivity contribution is 0.248. The Morgan fingerprint density at radius 3 is 2.55 bits per heavy atom. The Hall–Kier alpha value is -3.07. The molecular weight excluding hydrogens is 368 g/mol. The quantitative estimate of drug-likeness (QED) is 0.365. The van der Waals surface area contributed by atoms with Gasteiger partial charge in [-0.2, -0.15) is 9.97 Å². The Morgan fingerprint density at radius 1 is 1.14 bits per heavy atom. The highest BCUT2D eigenvalue weighted by Crippen LogP contribution is 2.26. The smallest absolute Gasteiger partial charge is 0.227 e. The second kappa shape index (κ2) is 8.52. The molecule has 0 aliphatic heterocycles. The molecule has 0 saturated carbocycles. The van der Waals surface area contributed by atoms with Gasteiger partial charge in [0.05, 0.1) is 30.4 Å². The van der Waals surface area contributed by atoms with Crippen molar-refractivity contribution in [3.05, 3.63) is 30.1 Å². The number of benzene rings is 1. The number of hydrogen-bond acceptors (Lipinski definition) is 8. The van der Waals surface area contributed by atoms with Gasteiger partial charge in [-0.25, -0.2) is 4.98 Å². The van der Waals surface area contributed by atoms with Gasteiger partial charge in [0, 0.05) is 12.6 Å². The standard InChI is InChI=1S/C20H30N8O/c1-11(2)15(9-29)25-20-26-18(17-19(27-20)28(10-24-17)12(3)4)23-8-13-6-5-7-14(21)16(13)22/h5-7,10-12,15,29H,8-9,21-22H2,1-4H3,(H2,23,25,26,27). The van der Waals surface area contributed by atoms with Gasteiger partial charge in [0.2, 0.25) is 5.95 Å². The van der Waals surface area contributed by atoms with Crippen LogP contribution in [-0.2, 0) is 6.54 Å². The van der Waals surface area contributed by atoms with Crippen molar-refractivity contribution in [2.45, 2.75) is 46.3 Å². The molecule has 9 heteroatoms. The molecule has 3 aromatic rings. The van der Waals surface area contributed by atoms with Gasteiger partial charge in [-0.05, 0) is 31.4 Å². The lowest BCUT2D eigenvalue weighted by atomic mass is 10.1. The van der Waals surface area contributed by atoms with E-state index in [2.05, 4.69) is 39.4 Å². The van der Waals surface area contributed by atoms with Gasteiger partial charge in [-0.15, -0.1) is 0 Å². The van der Waals surface area contributed by atoms with E-state index in [0.29, 0.717) is 35.2 Å². The van der Waals surface area contributed by atoms with E-state index in [0.717, 1.165) is 11.2 Å². The number of imidazole rings is 1. The summed E-state index contributed by atoms with van der Waals surface area (Å²) in [5, 5.41) is 16.2. The van der Waals surface area contributed by atoms with Gasteiger partial charge in [0.1, 0.15) is 0 Å². The summed E-state index contributed by atoms with van der Waals surface area (Å²) < 4.78 is 1.99. The van der Waals surface area contributed by atoms with E-state index >= 15 is 0 Å². The van der Waals surface area contributed by atoms with Crippen LogP contribution < -0.4 is 22.1 Å². The summed E-state index contributed by atoms with van der Waals surface area (Å²) >= 11 is 0. The van der Waals surface area contributed by atoms with Crippen molar-refractivity contribution in [3.8, 4) is 0 Å². The normalized spacial score (nSPS) is 12.7. The fourth-order valence-electron chi connectivity index (χ4n) is 3.04. The molecule has 1 aromatic carbocycles. The zero-order valence-electron chi connectivity index (χ0n) is 17.3. The molecule has 7 N–H and O–H groups in total. The summed E-state index contributed by atoms with van der Waals surface area (Å²) in [6, 6.07) is 5.60. The molecule has 9 nitrogen and oxygen atoms in total. The first-order valence-electron chi connectivity index (χ1n) is 9.80. The number of nitrogens with two attached hydrogens (primary N) is 2. The van der Waals surface area contributed by atoms with Crippen molar-refractivity contribution in [3.63, 3.8) is 0 Å². The van der Waals surface area contributed by atoms with Crippen molar-refractivity contribution in [1.82, 2.24) is 19.5 Å². The van der Waals surface area contributed by atoms with Gasteiger partial charge in [-0.1, -0.05) is 26.0 Å². The van der Waals surface area contributed by atoms with Gasteiger partial charge in [0.25, 0.3) is 0 Å². The van der Waals surface area contributed by atoms with E-state index in [1.165, 1.54) is 0 Å². The van der Waals surface area contributed by atoms with Crippen LogP contribution in [0.2, 0.25) is 0 Å². The molecule has 0 amide bonds. The third kappa shape index (κ3) is 4.34. The molecule has 156 valence electrons. The van der Waals surface area contributed by atoms with Gasteiger partial charge in [-0.3, -0.25) is 0 Å². The van der Waals surface area contributed by atoms with Crippen molar-refractivity contribution in [1.29, 1.82) is 0 Å². The number of para-hydroxylation sites is 1. The number of fused-ring (bicyclic) bond motifs is 1. The summed E-state index contributed by atoms with van der Waals surface area (Å²) in [5.74, 6) is 1.26. The van der Waals surface area contributed by atoms with E-state index in [1.54, 1.807) is 12.4 Å². The van der Waals surface area contributed by atoms with Crippen molar-refractivity contribution < 1.29 is 5.11 Å². The van der Waals surface area contributed by atoms with Crippen LogP contribution in [0.15, 0.2) is 24.5 Å². The summed E-state index contributed by atoms with van der Waals surface area (Å²) in [6.45, 7) is 8.65. The number of anilines is 4. The van der Waals surface area contributed by atoms with Crippen LogP contribution >= 0.6 is 0 Å². The number of nitrogens with zero attached hydrogens (tertiary/aromatic N) is 4. The van der Waals surface area contributed by atoms with E-state index in [9.17, 15) is 5.11 Å². The number of nitrogen functional groups attached to an aromatic ring is 2. The number of aromatic nitrogens is 4. The largest absolute Gasteiger partial charge is 0.397 e. The molecule has 1 unspecified atom stereocenters. The van der Waals surface area contributed by atoms with Gasteiger partial charge < -0.3 is 31.8 Å². The Kier molecular flexibility index (Phi) is 6.07. The van der Waals surface area contributed by atoms with Gasteiger partial charge >= 0.3 is 0 Å². The van der Waals surface area contributed by atoms with Crippen molar-refractivity contribution >= 4 is 34.3 Å². The molecule has 0 saturated heterocycles. The summed E-state index contributed by atoms with van der Waals surface area (Å²) in [4.78, 5) is 13.8. The molecule has 2 heterocycles. The maximum Gasteiger partial charge on any atom is 0.227 e. The first kappa shape index (κ1) is 20.7. The minimum Gasteiger partial charge on any atom is -0.397 e. The number of hydrogen-bond donors (Lipinski definition) is 5. The lowest BCUT2D eigenvalue weighted by Gasteiger charge is -2.20. The molecule has 2 aromatic heterocycles. The first-order valence-corrected chi connectivity index (χ1v) is 9.80. The molecule has 0 fully saturated rings. The molecule has 3 rings (SSSR count). The molecule has 0 radical (unpaired) electrons. The first-order chi connectivity index (χ1) is 13.8. The highest BCUT2D eigenvalue weighted by atomic mass is 16.3. The summed E-state index contributed by atoms with van der Waals surface area (Å²) in [7, 11) is 0. The van der Waals surface area contributed by atoms with Crippen LogP contribution in [-0.4, -0.2) is 37.3 Å². The maximum atomic E-state index is 9.67. The van der Waals surface area contributed by atoms with Gasteiger partial charge in [0.15, 0.2) is 17.0 Å². The molecule has 29 heavy (non-hydrogen) atoms. The third-order valence-electron chi connectivity index (χ3n) is 4.97. The monoisotopic (exact) mass is 398 g/mol. The lowest BCUT2D eigenvalue weighted by Crippen LogP contribution is -2.30. The number of aliphatic hydroxyl groups is 1. The molecular formula is C20H30N8O. The average Bonchev–Trinajstić information content (AvgIpc) is 3.11. The van der Waals surface area contributed by atoms with Crippen LogP contribution in [0.25, 0.3) is 11.2 Å². The number of rotatable bonds is 8. The Morgan fingerprint density at radius 2 is 1.90 bits per heavy atom. The molecule has 1 atom stereocenters.